The van der Waals surface area contributed by atoms with E-state index in [1.54, 1.807) is 0 Å². The second-order valence-electron chi connectivity index (χ2n) is 13.5. The quantitative estimate of drug-likeness (QED) is 0.336. The van der Waals surface area contributed by atoms with Gasteiger partial charge in [0, 0.05) is 0 Å². The number of nitrogens with one attached hydrogen (secondary N) is 2. The van der Waals surface area contributed by atoms with E-state index in [4.69, 9.17) is 14.0 Å². The largest absolute Gasteiger partial charge is 0.481 e. The molecule has 3 N–H and O–H groups in total. The fourth-order valence-corrected chi connectivity index (χ4v) is 7.29. The van der Waals surface area contributed by atoms with Crippen molar-refractivity contribution < 1.29 is 28.7 Å². The first-order valence-corrected chi connectivity index (χ1v) is 15.3. The summed E-state index contributed by atoms with van der Waals surface area (Å²) in [5, 5.41) is 17.1. The van der Waals surface area contributed by atoms with E-state index in [1.807, 2.05) is 60.7 Å². The number of alkyl carbamates (subject to hydrolysis) is 1. The lowest BCUT2D eigenvalue weighted by molar-refractivity contribution is -0.199. The summed E-state index contributed by atoms with van der Waals surface area (Å²) in [5.74, 6) is 0.251. The molecule has 9 heteroatoms. The molecule has 42 heavy (non-hydrogen) atoms. The van der Waals surface area contributed by atoms with Gasteiger partial charge in [-0.2, -0.15) is 0 Å². The molecular weight excluding hydrogens is 531 g/mol. The topological polar surface area (TPSA) is 106 Å². The fourth-order valence-electron chi connectivity index (χ4n) is 7.29. The average molecular weight is 577 g/mol. The van der Waals surface area contributed by atoms with E-state index < -0.39 is 42.8 Å². The summed E-state index contributed by atoms with van der Waals surface area (Å²) in [6.45, 7) is 11.0. The van der Waals surface area contributed by atoms with Gasteiger partial charge in [0.2, 0.25) is 0 Å². The lowest BCUT2D eigenvalue weighted by atomic mass is 9.43. The molecule has 6 rings (SSSR count). The summed E-state index contributed by atoms with van der Waals surface area (Å²) in [7, 11) is -0.606. The van der Waals surface area contributed by atoms with Crippen molar-refractivity contribution in [2.75, 3.05) is 0 Å². The Morgan fingerprint density at radius 1 is 1.00 bits per heavy atom. The Kier molecular flexibility index (Phi) is 9.02. The molecular formula is C33H45BN2O6. The van der Waals surface area contributed by atoms with Crippen LogP contribution < -0.4 is 10.6 Å². The second-order valence-corrected chi connectivity index (χ2v) is 13.5. The highest BCUT2D eigenvalue weighted by molar-refractivity contribution is 6.47. The molecule has 2 aromatic carbocycles. The summed E-state index contributed by atoms with van der Waals surface area (Å²) in [6, 6.07) is 17.9. The Hall–Kier alpha value is -2.88. The molecule has 0 unspecified atom stereocenters. The minimum absolute atomic E-state index is 0.0114. The Balaban J connectivity index is 1.27. The molecule has 1 aliphatic heterocycles. The third-order valence-corrected chi connectivity index (χ3v) is 9.81. The van der Waals surface area contributed by atoms with Gasteiger partial charge in [-0.3, -0.25) is 4.79 Å². The predicted octanol–water partition coefficient (Wildman–Crippen LogP) is 4.68. The van der Waals surface area contributed by atoms with Gasteiger partial charge in [0.15, 0.2) is 6.10 Å². The molecule has 4 fully saturated rings. The molecule has 2 bridgehead atoms. The van der Waals surface area contributed by atoms with Crippen LogP contribution in [0.1, 0.15) is 65.0 Å². The van der Waals surface area contributed by atoms with Gasteiger partial charge < -0.3 is 29.8 Å². The van der Waals surface area contributed by atoms with Crippen molar-refractivity contribution in [1.82, 2.24) is 10.6 Å². The van der Waals surface area contributed by atoms with Crippen LogP contribution in [0.15, 0.2) is 60.7 Å². The van der Waals surface area contributed by atoms with Crippen LogP contribution in [0.25, 0.3) is 0 Å². The smallest absolute Gasteiger partial charge is 0.445 e. The number of hydrogen-bond acceptors (Lipinski definition) is 6. The molecule has 7 atom stereocenters. The molecule has 4 aliphatic rings. The van der Waals surface area contributed by atoms with Crippen LogP contribution in [-0.2, 0) is 31.9 Å². The van der Waals surface area contributed by atoms with Crippen LogP contribution >= 0.6 is 0 Å². The first-order chi connectivity index (χ1) is 20.0. The standard InChI is InChI=1S/C33H45BN2O6/c1-21(2)16-28(34-41-27-19-24-18-26(32(24,3)4)33(27,5)42-34)36-30(38)29(37)25(17-22-12-8-6-9-13-22)35-31(39)40-20-23-14-10-7-11-15-23/h6-15,21,24-29,37H,16-20H2,1-5H3,(H,35,39)(H,36,38)/t24-,25+,26-,27+,28-,29-,33-/m0/s1. The van der Waals surface area contributed by atoms with Gasteiger partial charge in [0.1, 0.15) is 6.61 Å². The van der Waals surface area contributed by atoms with E-state index in [1.165, 1.54) is 0 Å². The summed E-state index contributed by atoms with van der Waals surface area (Å²) < 4.78 is 18.6. The minimum Gasteiger partial charge on any atom is -0.445 e. The van der Waals surface area contributed by atoms with Crippen molar-refractivity contribution in [3.8, 4) is 0 Å². The van der Waals surface area contributed by atoms with Crippen molar-refractivity contribution >= 4 is 19.1 Å². The van der Waals surface area contributed by atoms with E-state index in [0.717, 1.165) is 24.0 Å². The van der Waals surface area contributed by atoms with Crippen molar-refractivity contribution in [2.45, 2.75) is 96.7 Å². The number of aliphatic hydroxyl groups excluding tert-OH is 1. The van der Waals surface area contributed by atoms with E-state index in [2.05, 4.69) is 45.3 Å². The lowest BCUT2D eigenvalue weighted by Gasteiger charge is -2.64. The molecule has 1 saturated heterocycles. The first-order valence-electron chi connectivity index (χ1n) is 15.3. The Bertz CT molecular complexity index is 1230. The number of hydrogen-bond donors (Lipinski definition) is 3. The highest BCUT2D eigenvalue weighted by Gasteiger charge is 2.68. The molecule has 0 spiro atoms. The first kappa shape index (κ1) is 30.6. The Morgan fingerprint density at radius 2 is 1.64 bits per heavy atom. The van der Waals surface area contributed by atoms with Gasteiger partial charge in [0.05, 0.1) is 23.7 Å². The maximum atomic E-state index is 13.6. The van der Waals surface area contributed by atoms with E-state index in [-0.39, 0.29) is 30.5 Å². The molecule has 2 amide bonds. The third-order valence-electron chi connectivity index (χ3n) is 9.81. The van der Waals surface area contributed by atoms with Gasteiger partial charge in [-0.05, 0) is 66.9 Å². The minimum atomic E-state index is -1.52. The summed E-state index contributed by atoms with van der Waals surface area (Å²) >= 11 is 0. The summed E-state index contributed by atoms with van der Waals surface area (Å²) in [6.07, 6.45) is 0.738. The van der Waals surface area contributed by atoms with E-state index in [0.29, 0.717) is 18.3 Å². The van der Waals surface area contributed by atoms with Crippen LogP contribution in [0.4, 0.5) is 4.79 Å². The zero-order valence-electron chi connectivity index (χ0n) is 25.4. The van der Waals surface area contributed by atoms with Crippen LogP contribution in [-0.4, -0.2) is 54.0 Å². The highest BCUT2D eigenvalue weighted by atomic mass is 16.7. The number of ether oxygens (including phenoxy) is 1. The van der Waals surface area contributed by atoms with Gasteiger partial charge >= 0.3 is 13.2 Å². The Labute approximate surface area is 250 Å². The van der Waals surface area contributed by atoms with Gasteiger partial charge in [-0.25, -0.2) is 4.79 Å². The number of amides is 2. The zero-order valence-corrected chi connectivity index (χ0v) is 25.4. The maximum absolute atomic E-state index is 13.6. The van der Waals surface area contributed by atoms with Crippen molar-refractivity contribution in [2.24, 2.45) is 23.2 Å². The van der Waals surface area contributed by atoms with Gasteiger partial charge in [-0.15, -0.1) is 0 Å². The third kappa shape index (κ3) is 6.38. The van der Waals surface area contributed by atoms with Crippen molar-refractivity contribution in [3.05, 3.63) is 71.8 Å². The average Bonchev–Trinajstić information content (AvgIpc) is 3.33. The molecule has 3 aliphatic carbocycles. The molecule has 1 heterocycles. The molecule has 226 valence electrons. The monoisotopic (exact) mass is 576 g/mol. The summed E-state index contributed by atoms with van der Waals surface area (Å²) in [4.78, 5) is 26.4. The number of carbonyl (C=O) groups excluding carboxylic acids is 2. The molecule has 0 radical (unpaired) electrons. The number of carbonyl (C=O) groups is 2. The zero-order chi connectivity index (χ0) is 30.1. The number of benzene rings is 2. The molecule has 0 aromatic heterocycles. The molecule has 2 aromatic rings. The van der Waals surface area contributed by atoms with E-state index in [9.17, 15) is 14.7 Å². The van der Waals surface area contributed by atoms with E-state index >= 15 is 0 Å². The fraction of sp³-hybridized carbons (Fsp3) is 0.576. The van der Waals surface area contributed by atoms with Gasteiger partial charge in [0.25, 0.3) is 5.91 Å². The second kappa shape index (κ2) is 12.4. The highest BCUT2D eigenvalue weighted by Crippen LogP contribution is 2.65. The SMILES string of the molecule is CC(C)C[C@H](NC(=O)[C@@H](O)[C@@H](Cc1ccccc1)NC(=O)OCc1ccccc1)B1O[C@@H]2C[C@@H]3C[C@@H](C3(C)C)[C@]2(C)O1. The Morgan fingerprint density at radius 3 is 2.26 bits per heavy atom. The molecule has 3 saturated carbocycles. The van der Waals surface area contributed by atoms with Gasteiger partial charge in [-0.1, -0.05) is 88.4 Å². The molecule has 8 nitrogen and oxygen atoms in total. The number of aliphatic hydroxyl groups is 1. The van der Waals surface area contributed by atoms with Crippen LogP contribution in [0.5, 0.6) is 0 Å². The van der Waals surface area contributed by atoms with Crippen molar-refractivity contribution in [1.29, 1.82) is 0 Å². The summed E-state index contributed by atoms with van der Waals surface area (Å²) in [5.41, 5.74) is 1.52. The van der Waals surface area contributed by atoms with Crippen LogP contribution in [0, 0.1) is 23.2 Å². The lowest BCUT2D eigenvalue weighted by Crippen LogP contribution is -2.65. The predicted molar refractivity (Wildman–Crippen MR) is 161 cm³/mol. The number of rotatable bonds is 11. The van der Waals surface area contributed by atoms with Crippen molar-refractivity contribution in [3.63, 3.8) is 0 Å². The maximum Gasteiger partial charge on any atom is 0.481 e. The normalized spacial score (nSPS) is 27.8. The van der Waals surface area contributed by atoms with Crippen LogP contribution in [0.2, 0.25) is 0 Å². The van der Waals surface area contributed by atoms with Crippen LogP contribution in [0.3, 0.4) is 0 Å².